The Bertz CT molecular complexity index is 1010. The predicted octanol–water partition coefficient (Wildman–Crippen LogP) is 11.2. The van der Waals surface area contributed by atoms with E-state index in [-0.39, 0.29) is 5.97 Å². The molecule has 2 aromatic carbocycles. The van der Waals surface area contributed by atoms with Crippen LogP contribution >= 0.6 is 0 Å². The van der Waals surface area contributed by atoms with E-state index in [2.05, 4.69) is 13.8 Å². The van der Waals surface area contributed by atoms with Crippen LogP contribution in [0, 0.1) is 23.7 Å². The van der Waals surface area contributed by atoms with Crippen molar-refractivity contribution in [3.8, 4) is 17.2 Å². The van der Waals surface area contributed by atoms with Crippen molar-refractivity contribution >= 4 is 5.97 Å². The highest BCUT2D eigenvalue weighted by molar-refractivity contribution is 5.91. The van der Waals surface area contributed by atoms with Crippen LogP contribution in [0.5, 0.6) is 17.2 Å². The summed E-state index contributed by atoms with van der Waals surface area (Å²) in [4.78, 5) is 12.7. The minimum absolute atomic E-state index is 0.360. The summed E-state index contributed by atoms with van der Waals surface area (Å²) in [6.45, 7) is 6.07. The van der Waals surface area contributed by atoms with Crippen LogP contribution in [-0.4, -0.2) is 19.2 Å². The Balaban J connectivity index is 1.08. The molecule has 0 bridgehead atoms. The van der Waals surface area contributed by atoms with Gasteiger partial charge in [-0.25, -0.2) is 4.79 Å². The molecule has 0 saturated heterocycles. The Morgan fingerprint density at radius 1 is 0.558 bits per heavy atom. The number of carbonyl (C=O) groups is 1. The number of hydrogen-bond acceptors (Lipinski definition) is 4. The van der Waals surface area contributed by atoms with Crippen LogP contribution in [0.4, 0.5) is 0 Å². The standard InChI is InChI=1S/C39H58O4/c1-3-5-7-10-31-13-15-33(16-14-31)12-9-29-41-36-23-21-35(22-24-36)39(40)43-38-27-25-37(26-28-38)42-30-34-19-17-32(18-20-34)11-8-6-4-2/h21-28,31-34H,3-20,29-30H2,1-2H3/t31-,32-,33-,34-. The number of hydrogen-bond donors (Lipinski definition) is 0. The van der Waals surface area contributed by atoms with Crippen molar-refractivity contribution in [2.24, 2.45) is 23.7 Å². The van der Waals surface area contributed by atoms with Crippen molar-refractivity contribution in [1.82, 2.24) is 0 Å². The number of unbranched alkanes of at least 4 members (excludes halogenated alkanes) is 4. The van der Waals surface area contributed by atoms with Gasteiger partial charge in [0.05, 0.1) is 18.8 Å². The molecule has 2 fully saturated rings. The van der Waals surface area contributed by atoms with E-state index in [1.165, 1.54) is 109 Å². The van der Waals surface area contributed by atoms with Crippen molar-refractivity contribution < 1.29 is 19.0 Å². The highest BCUT2D eigenvalue weighted by Gasteiger charge is 2.22. The normalized spacial score (nSPS) is 22.2. The second-order valence-corrected chi connectivity index (χ2v) is 13.5. The maximum Gasteiger partial charge on any atom is 0.343 e. The molecule has 238 valence electrons. The molecule has 0 amide bonds. The van der Waals surface area contributed by atoms with Crippen LogP contribution in [0.1, 0.15) is 140 Å². The van der Waals surface area contributed by atoms with Crippen molar-refractivity contribution in [3.05, 3.63) is 54.1 Å². The first-order valence-corrected chi connectivity index (χ1v) is 17.8. The summed E-state index contributed by atoms with van der Waals surface area (Å²) < 4.78 is 17.7. The van der Waals surface area contributed by atoms with Gasteiger partial charge in [0.25, 0.3) is 0 Å². The number of benzene rings is 2. The fraction of sp³-hybridized carbons (Fsp3) is 0.667. The molecule has 43 heavy (non-hydrogen) atoms. The molecular formula is C39H58O4. The van der Waals surface area contributed by atoms with Crippen molar-refractivity contribution in [1.29, 1.82) is 0 Å². The van der Waals surface area contributed by atoms with Gasteiger partial charge in [-0.1, -0.05) is 104 Å². The van der Waals surface area contributed by atoms with E-state index in [1.54, 1.807) is 12.1 Å². The van der Waals surface area contributed by atoms with E-state index in [1.807, 2.05) is 36.4 Å². The van der Waals surface area contributed by atoms with Crippen LogP contribution in [-0.2, 0) is 0 Å². The maximum absolute atomic E-state index is 12.7. The van der Waals surface area contributed by atoms with Crippen molar-refractivity contribution in [2.45, 2.75) is 129 Å². The first-order valence-electron chi connectivity index (χ1n) is 17.8. The highest BCUT2D eigenvalue weighted by Crippen LogP contribution is 2.35. The molecule has 0 radical (unpaired) electrons. The van der Waals surface area contributed by atoms with Gasteiger partial charge in [-0.05, 0) is 97.9 Å². The quantitative estimate of drug-likeness (QED) is 0.0984. The Kier molecular flexibility index (Phi) is 14.8. The monoisotopic (exact) mass is 590 g/mol. The number of rotatable bonds is 18. The number of esters is 1. The second kappa shape index (κ2) is 19.0. The summed E-state index contributed by atoms with van der Waals surface area (Å²) in [6, 6.07) is 14.7. The van der Waals surface area contributed by atoms with E-state index in [0.29, 0.717) is 17.2 Å². The maximum atomic E-state index is 12.7. The third-order valence-corrected chi connectivity index (χ3v) is 10.00. The molecule has 4 heteroatoms. The zero-order valence-electron chi connectivity index (χ0n) is 27.2. The summed E-state index contributed by atoms with van der Waals surface area (Å²) in [7, 11) is 0. The molecule has 2 aliphatic rings. The van der Waals surface area contributed by atoms with Gasteiger partial charge in [0, 0.05) is 0 Å². The molecule has 0 N–H and O–H groups in total. The largest absolute Gasteiger partial charge is 0.494 e. The van der Waals surface area contributed by atoms with E-state index in [4.69, 9.17) is 14.2 Å². The number of carbonyl (C=O) groups excluding carboxylic acids is 1. The average Bonchev–Trinajstić information content (AvgIpc) is 3.04. The van der Waals surface area contributed by atoms with Gasteiger partial charge in [0.2, 0.25) is 0 Å². The lowest BCUT2D eigenvalue weighted by Crippen LogP contribution is -2.20. The predicted molar refractivity (Wildman–Crippen MR) is 177 cm³/mol. The van der Waals surface area contributed by atoms with Gasteiger partial charge >= 0.3 is 5.97 Å². The number of ether oxygens (including phenoxy) is 3. The molecule has 0 aliphatic heterocycles. The van der Waals surface area contributed by atoms with Crippen molar-refractivity contribution in [2.75, 3.05) is 13.2 Å². The third-order valence-electron chi connectivity index (χ3n) is 10.00. The van der Waals surface area contributed by atoms with Gasteiger partial charge in [0.1, 0.15) is 17.2 Å². The van der Waals surface area contributed by atoms with E-state index < -0.39 is 0 Å². The van der Waals surface area contributed by atoms with Gasteiger partial charge in [-0.2, -0.15) is 0 Å². The lowest BCUT2D eigenvalue weighted by Gasteiger charge is -2.28. The van der Waals surface area contributed by atoms with E-state index >= 15 is 0 Å². The molecule has 0 unspecified atom stereocenters. The summed E-state index contributed by atoms with van der Waals surface area (Å²) >= 11 is 0. The van der Waals surface area contributed by atoms with E-state index in [9.17, 15) is 4.79 Å². The minimum Gasteiger partial charge on any atom is -0.494 e. The summed E-state index contributed by atoms with van der Waals surface area (Å²) in [5, 5.41) is 0. The van der Waals surface area contributed by atoms with Gasteiger partial charge < -0.3 is 14.2 Å². The van der Waals surface area contributed by atoms with E-state index in [0.717, 1.165) is 48.9 Å². The lowest BCUT2D eigenvalue weighted by atomic mass is 9.78. The summed E-state index contributed by atoms with van der Waals surface area (Å²) in [5.41, 5.74) is 0.522. The minimum atomic E-state index is -0.360. The highest BCUT2D eigenvalue weighted by atomic mass is 16.5. The Hall–Kier alpha value is -2.49. The first-order chi connectivity index (χ1) is 21.1. The third kappa shape index (κ3) is 12.2. The molecule has 4 rings (SSSR count). The molecule has 0 heterocycles. The molecular weight excluding hydrogens is 532 g/mol. The SMILES string of the molecule is CCCCC[C@H]1CC[C@H](CCCOc2ccc(C(=O)Oc3ccc(OC[C@H]4CC[C@H](CCCCC)CC4)cc3)cc2)CC1. The Morgan fingerprint density at radius 3 is 1.53 bits per heavy atom. The smallest absolute Gasteiger partial charge is 0.343 e. The molecule has 0 aromatic heterocycles. The molecule has 2 saturated carbocycles. The second-order valence-electron chi connectivity index (χ2n) is 13.5. The molecule has 4 nitrogen and oxygen atoms in total. The molecule has 0 spiro atoms. The van der Waals surface area contributed by atoms with Crippen molar-refractivity contribution in [3.63, 3.8) is 0 Å². The fourth-order valence-electron chi connectivity index (χ4n) is 7.09. The van der Waals surface area contributed by atoms with Crippen LogP contribution in [0.15, 0.2) is 48.5 Å². The molecule has 0 atom stereocenters. The first kappa shape index (κ1) is 33.4. The lowest BCUT2D eigenvalue weighted by molar-refractivity contribution is 0.0734. The van der Waals surface area contributed by atoms with Crippen LogP contribution < -0.4 is 14.2 Å². The van der Waals surface area contributed by atoms with Gasteiger partial charge in [-0.15, -0.1) is 0 Å². The molecule has 2 aromatic rings. The fourth-order valence-corrected chi connectivity index (χ4v) is 7.09. The molecule has 2 aliphatic carbocycles. The zero-order chi connectivity index (χ0) is 30.1. The van der Waals surface area contributed by atoms with Gasteiger partial charge in [-0.3, -0.25) is 0 Å². The van der Waals surface area contributed by atoms with Crippen LogP contribution in [0.3, 0.4) is 0 Å². The summed E-state index contributed by atoms with van der Waals surface area (Å²) in [6.07, 6.45) is 24.3. The Labute approximate surface area is 262 Å². The van der Waals surface area contributed by atoms with Crippen LogP contribution in [0.25, 0.3) is 0 Å². The van der Waals surface area contributed by atoms with Crippen LogP contribution in [0.2, 0.25) is 0 Å². The Morgan fingerprint density at radius 2 is 1.00 bits per heavy atom. The zero-order valence-corrected chi connectivity index (χ0v) is 27.2. The summed E-state index contributed by atoms with van der Waals surface area (Å²) in [5.74, 6) is 5.23. The topological polar surface area (TPSA) is 44.8 Å². The average molecular weight is 591 g/mol. The van der Waals surface area contributed by atoms with Gasteiger partial charge in [0.15, 0.2) is 0 Å².